The Labute approximate surface area is 300 Å². The van der Waals surface area contributed by atoms with Gasteiger partial charge in [0, 0.05) is 53.1 Å². The standard InChI is InChI=1S/C39H47Cl2N3O5/c1-38(2,3)24-37(46)49-44-20-18-43(19-21-44)36(45)11-7-4-8-27-22-34(41)28(23-33(27)40)26-47-39(15-16-39)32-25-42-17-14-30(32)31-9-5-6-10-35(31)48-29-12-13-29/h5-6,9-10,14,17,22-23,25,29H,4,7-8,11-13,15-16,18-21,24,26H2,1-3H3. The van der Waals surface area contributed by atoms with Gasteiger partial charge in [0.25, 0.3) is 0 Å². The van der Waals surface area contributed by atoms with Crippen molar-refractivity contribution in [2.75, 3.05) is 26.2 Å². The molecule has 3 fully saturated rings. The van der Waals surface area contributed by atoms with Crippen molar-refractivity contribution in [1.29, 1.82) is 0 Å². The maximum Gasteiger partial charge on any atom is 0.325 e. The molecule has 2 aromatic carbocycles. The summed E-state index contributed by atoms with van der Waals surface area (Å²) in [6.45, 7) is 8.53. The first-order chi connectivity index (χ1) is 23.5. The van der Waals surface area contributed by atoms with Gasteiger partial charge < -0.3 is 19.2 Å². The maximum atomic E-state index is 12.8. The quantitative estimate of drug-likeness (QED) is 0.155. The van der Waals surface area contributed by atoms with Gasteiger partial charge in [-0.1, -0.05) is 62.2 Å². The Morgan fingerprint density at radius 3 is 2.37 bits per heavy atom. The van der Waals surface area contributed by atoms with E-state index >= 15 is 0 Å². The molecule has 2 aliphatic carbocycles. The lowest BCUT2D eigenvalue weighted by Crippen LogP contribution is -2.49. The van der Waals surface area contributed by atoms with Gasteiger partial charge in [-0.15, -0.1) is 5.06 Å². The highest BCUT2D eigenvalue weighted by molar-refractivity contribution is 6.34. The van der Waals surface area contributed by atoms with Crippen molar-refractivity contribution < 1.29 is 23.9 Å². The number of hydroxylamine groups is 2. The van der Waals surface area contributed by atoms with Crippen LogP contribution in [0.15, 0.2) is 54.9 Å². The van der Waals surface area contributed by atoms with Gasteiger partial charge in [-0.05, 0) is 91.3 Å². The number of aromatic nitrogens is 1. The predicted molar refractivity (Wildman–Crippen MR) is 191 cm³/mol. The minimum Gasteiger partial charge on any atom is -0.490 e. The highest BCUT2D eigenvalue weighted by Gasteiger charge is 2.48. The molecule has 1 saturated heterocycles. The van der Waals surface area contributed by atoms with Gasteiger partial charge in [-0.2, -0.15) is 0 Å². The molecule has 1 aliphatic heterocycles. The smallest absolute Gasteiger partial charge is 0.325 e. The number of halogens is 2. The van der Waals surface area contributed by atoms with Crippen molar-refractivity contribution in [1.82, 2.24) is 14.9 Å². The molecule has 1 aromatic heterocycles. The summed E-state index contributed by atoms with van der Waals surface area (Å²) in [5, 5.41) is 2.95. The van der Waals surface area contributed by atoms with E-state index in [1.807, 2.05) is 74.5 Å². The number of para-hydroxylation sites is 1. The Hall–Kier alpha value is -3.17. The lowest BCUT2D eigenvalue weighted by atomic mass is 9.93. The number of amides is 1. The lowest BCUT2D eigenvalue weighted by molar-refractivity contribution is -0.199. The van der Waals surface area contributed by atoms with Crippen LogP contribution in [0.1, 0.15) is 88.8 Å². The molecule has 49 heavy (non-hydrogen) atoms. The van der Waals surface area contributed by atoms with Crippen molar-refractivity contribution in [2.24, 2.45) is 5.41 Å². The Morgan fingerprint density at radius 2 is 1.65 bits per heavy atom. The zero-order chi connectivity index (χ0) is 34.6. The molecule has 3 aromatic rings. The molecule has 0 radical (unpaired) electrons. The summed E-state index contributed by atoms with van der Waals surface area (Å²) in [5.74, 6) is 0.799. The molecule has 2 saturated carbocycles. The Morgan fingerprint density at radius 1 is 0.939 bits per heavy atom. The van der Waals surface area contributed by atoms with Gasteiger partial charge >= 0.3 is 5.97 Å². The molecule has 262 valence electrons. The second kappa shape index (κ2) is 15.4. The van der Waals surface area contributed by atoms with Gasteiger partial charge in [0.15, 0.2) is 0 Å². The fourth-order valence-electron chi connectivity index (χ4n) is 6.29. The Bertz CT molecular complexity index is 1640. The summed E-state index contributed by atoms with van der Waals surface area (Å²) < 4.78 is 12.9. The van der Waals surface area contributed by atoms with Gasteiger partial charge in [0.05, 0.1) is 37.8 Å². The van der Waals surface area contributed by atoms with E-state index in [2.05, 4.69) is 11.1 Å². The average Bonchev–Trinajstić information content (AvgIpc) is 4.01. The molecule has 3 aliphatic rings. The third-order valence-electron chi connectivity index (χ3n) is 9.31. The zero-order valence-corrected chi connectivity index (χ0v) is 30.3. The van der Waals surface area contributed by atoms with Crippen LogP contribution in [0.5, 0.6) is 5.75 Å². The van der Waals surface area contributed by atoms with Crippen LogP contribution in [0.4, 0.5) is 0 Å². The highest BCUT2D eigenvalue weighted by Crippen LogP contribution is 2.53. The highest BCUT2D eigenvalue weighted by atomic mass is 35.5. The normalized spacial score (nSPS) is 17.5. The molecular formula is C39H47Cl2N3O5. The van der Waals surface area contributed by atoms with Crippen LogP contribution < -0.4 is 4.74 Å². The van der Waals surface area contributed by atoms with Crippen molar-refractivity contribution in [3.8, 4) is 16.9 Å². The molecule has 2 heterocycles. The number of benzene rings is 2. The summed E-state index contributed by atoms with van der Waals surface area (Å²) in [6.07, 6.45) is 11.2. The van der Waals surface area contributed by atoms with Crippen molar-refractivity contribution in [3.63, 3.8) is 0 Å². The Balaban J connectivity index is 0.980. The van der Waals surface area contributed by atoms with E-state index in [9.17, 15) is 9.59 Å². The van der Waals surface area contributed by atoms with E-state index in [0.717, 1.165) is 78.5 Å². The molecule has 0 unspecified atom stereocenters. The molecule has 6 rings (SSSR count). The third-order valence-corrected chi connectivity index (χ3v) is 10.0. The number of hydrogen-bond acceptors (Lipinski definition) is 7. The summed E-state index contributed by atoms with van der Waals surface area (Å²) >= 11 is 13.5. The number of aryl methyl sites for hydroxylation is 1. The van der Waals surface area contributed by atoms with Crippen LogP contribution in [-0.4, -0.2) is 59.1 Å². The second-order valence-electron chi connectivity index (χ2n) is 14.8. The minimum atomic E-state index is -0.430. The molecule has 10 heteroatoms. The van der Waals surface area contributed by atoms with Gasteiger partial charge in [-0.3, -0.25) is 14.6 Å². The van der Waals surface area contributed by atoms with Crippen LogP contribution >= 0.6 is 23.2 Å². The van der Waals surface area contributed by atoms with Crippen LogP contribution in [-0.2, 0) is 37.8 Å². The van der Waals surface area contributed by atoms with Crippen molar-refractivity contribution in [3.05, 3.63) is 81.6 Å². The first-order valence-corrected chi connectivity index (χ1v) is 18.3. The van der Waals surface area contributed by atoms with E-state index in [4.69, 9.17) is 37.5 Å². The molecule has 0 bridgehead atoms. The number of carbonyl (C=O) groups excluding carboxylic acids is 2. The first-order valence-electron chi connectivity index (χ1n) is 17.5. The van der Waals surface area contributed by atoms with E-state index in [-0.39, 0.29) is 17.3 Å². The summed E-state index contributed by atoms with van der Waals surface area (Å²) in [5.41, 5.74) is 4.48. The lowest BCUT2D eigenvalue weighted by Gasteiger charge is -2.33. The number of rotatable bonds is 14. The topological polar surface area (TPSA) is 81.2 Å². The number of pyridine rings is 1. The van der Waals surface area contributed by atoms with Gasteiger partial charge in [0.1, 0.15) is 5.75 Å². The SMILES string of the molecule is CC(C)(C)CC(=O)ON1CCN(C(=O)CCCCc2cc(Cl)c(COC3(c4cnccc4-c4ccccc4OC4CC4)CC3)cc2Cl)CC1. The maximum absolute atomic E-state index is 12.8. The number of piperazine rings is 1. The number of hydrogen-bond donors (Lipinski definition) is 0. The average molecular weight is 709 g/mol. The number of nitrogens with zero attached hydrogens (tertiary/aromatic N) is 3. The summed E-state index contributed by atoms with van der Waals surface area (Å²) in [7, 11) is 0. The van der Waals surface area contributed by atoms with Crippen LogP contribution in [0, 0.1) is 5.41 Å². The summed E-state index contributed by atoms with van der Waals surface area (Å²) in [6, 6.07) is 14.1. The molecule has 0 spiro atoms. The summed E-state index contributed by atoms with van der Waals surface area (Å²) in [4.78, 5) is 36.8. The van der Waals surface area contributed by atoms with E-state index in [1.165, 1.54) is 0 Å². The molecule has 8 nitrogen and oxygen atoms in total. The third kappa shape index (κ3) is 9.54. The monoisotopic (exact) mass is 707 g/mol. The minimum absolute atomic E-state index is 0.120. The van der Waals surface area contributed by atoms with E-state index in [1.54, 1.807) is 5.06 Å². The number of carbonyl (C=O) groups is 2. The second-order valence-corrected chi connectivity index (χ2v) is 15.6. The zero-order valence-electron chi connectivity index (χ0n) is 28.8. The number of ether oxygens (including phenoxy) is 2. The van der Waals surface area contributed by atoms with Crippen molar-refractivity contribution in [2.45, 2.75) is 96.9 Å². The van der Waals surface area contributed by atoms with E-state index in [0.29, 0.717) is 61.8 Å². The van der Waals surface area contributed by atoms with Crippen LogP contribution in [0.25, 0.3) is 11.1 Å². The molecular weight excluding hydrogens is 661 g/mol. The van der Waals surface area contributed by atoms with E-state index < -0.39 is 5.60 Å². The fraction of sp³-hybridized carbons (Fsp3) is 0.513. The molecule has 0 N–H and O–H groups in total. The first kappa shape index (κ1) is 35.6. The van der Waals surface area contributed by atoms with Gasteiger partial charge in [-0.25, -0.2) is 0 Å². The fourth-order valence-corrected chi connectivity index (χ4v) is 6.81. The Kier molecular flexibility index (Phi) is 11.2. The largest absolute Gasteiger partial charge is 0.490 e. The van der Waals surface area contributed by atoms with Crippen molar-refractivity contribution >= 4 is 35.1 Å². The van der Waals surface area contributed by atoms with Crippen LogP contribution in [0.2, 0.25) is 10.0 Å². The number of unbranched alkanes of at least 4 members (excludes halogenated alkanes) is 1. The predicted octanol–water partition coefficient (Wildman–Crippen LogP) is 8.55. The molecule has 1 amide bonds. The molecule has 0 atom stereocenters. The van der Waals surface area contributed by atoms with Crippen LogP contribution in [0.3, 0.4) is 0 Å². The van der Waals surface area contributed by atoms with Gasteiger partial charge in [0.2, 0.25) is 5.91 Å².